The van der Waals surface area contributed by atoms with Crippen LogP contribution in [0.5, 0.6) is 0 Å². The highest BCUT2D eigenvalue weighted by molar-refractivity contribution is 6.01. The number of hydrogen-bond donors (Lipinski definition) is 1. The Labute approximate surface area is 153 Å². The molecule has 1 N–H and O–H groups in total. The van der Waals surface area contributed by atoms with Gasteiger partial charge in [0.1, 0.15) is 6.67 Å². The van der Waals surface area contributed by atoms with Gasteiger partial charge in [-0.3, -0.25) is 10.4 Å². The second kappa shape index (κ2) is 7.15. The maximum absolute atomic E-state index is 4.82. The largest absolute Gasteiger partial charge is 0.278 e. The molecule has 4 heteroatoms. The number of hydrazone groups is 1. The van der Waals surface area contributed by atoms with E-state index < -0.39 is 0 Å². The first-order valence-corrected chi connectivity index (χ1v) is 8.57. The zero-order valence-corrected chi connectivity index (χ0v) is 14.4. The normalized spacial score (nSPS) is 13.8. The van der Waals surface area contributed by atoms with E-state index in [0.29, 0.717) is 6.67 Å². The lowest BCUT2D eigenvalue weighted by atomic mass is 10.1. The average Bonchev–Trinajstić information content (AvgIpc) is 2.75. The molecule has 3 aromatic rings. The summed E-state index contributed by atoms with van der Waals surface area (Å²) in [6.45, 7) is 4.43. The fraction of sp³-hybridized carbons (Fsp3) is 0.0455. The van der Waals surface area contributed by atoms with Gasteiger partial charge in [0, 0.05) is 5.56 Å². The molecule has 4 nitrogen and oxygen atoms in total. The molecule has 1 aliphatic rings. The van der Waals surface area contributed by atoms with Crippen molar-refractivity contribution in [3.8, 4) is 0 Å². The minimum Gasteiger partial charge on any atom is -0.278 e. The van der Waals surface area contributed by atoms with Crippen LogP contribution in [0.1, 0.15) is 11.1 Å². The first kappa shape index (κ1) is 16.0. The number of para-hydroxylation sites is 2. The Morgan fingerprint density at radius 2 is 1.42 bits per heavy atom. The van der Waals surface area contributed by atoms with Crippen LogP contribution in [0.3, 0.4) is 0 Å². The Balaban J connectivity index is 1.72. The molecule has 0 aliphatic carbocycles. The van der Waals surface area contributed by atoms with Crippen molar-refractivity contribution in [3.05, 3.63) is 103 Å². The van der Waals surface area contributed by atoms with Gasteiger partial charge < -0.3 is 0 Å². The molecule has 0 unspecified atom stereocenters. The molecule has 0 amide bonds. The van der Waals surface area contributed by atoms with Gasteiger partial charge in [-0.1, -0.05) is 73.3 Å². The highest BCUT2D eigenvalue weighted by Crippen LogP contribution is 2.21. The van der Waals surface area contributed by atoms with Crippen LogP contribution in [0.2, 0.25) is 0 Å². The number of hydrogen-bond acceptors (Lipinski definition) is 4. The molecular formula is C22H20N4. The summed E-state index contributed by atoms with van der Waals surface area (Å²) in [5, 5.41) is 8.92. The van der Waals surface area contributed by atoms with Gasteiger partial charge in [0.05, 0.1) is 11.4 Å². The van der Waals surface area contributed by atoms with Gasteiger partial charge in [-0.2, -0.15) is 5.10 Å². The van der Waals surface area contributed by atoms with Crippen LogP contribution < -0.4 is 15.4 Å². The van der Waals surface area contributed by atoms with Crippen LogP contribution in [0.4, 0.5) is 11.4 Å². The molecular weight excluding hydrogens is 320 g/mol. The first-order chi connectivity index (χ1) is 12.8. The van der Waals surface area contributed by atoms with Crippen molar-refractivity contribution in [2.45, 2.75) is 0 Å². The molecule has 0 saturated heterocycles. The van der Waals surface area contributed by atoms with Gasteiger partial charge in [0.2, 0.25) is 0 Å². The van der Waals surface area contributed by atoms with Crippen LogP contribution in [0.15, 0.2) is 96.6 Å². The van der Waals surface area contributed by atoms with Gasteiger partial charge >= 0.3 is 0 Å². The van der Waals surface area contributed by atoms with Crippen molar-refractivity contribution in [1.82, 2.24) is 5.43 Å². The molecule has 1 aliphatic heterocycles. The van der Waals surface area contributed by atoms with Gasteiger partial charge in [-0.05, 0) is 29.8 Å². The Hall–Kier alpha value is -3.53. The molecule has 0 saturated carbocycles. The van der Waals surface area contributed by atoms with Crippen LogP contribution in [0, 0.1) is 0 Å². The standard InChI is InChI=1S/C22H20N4/c1-2-18-13-15-19(16-14-18)22-23-25(20-9-5-3-6-10-20)17-26(24-22)21-11-7-4-8-12-21/h2-16H,1,17H2,(H,23,24). The lowest BCUT2D eigenvalue weighted by Crippen LogP contribution is -2.53. The second-order valence-corrected chi connectivity index (χ2v) is 6.03. The monoisotopic (exact) mass is 340 g/mol. The summed E-state index contributed by atoms with van der Waals surface area (Å²) in [5.41, 5.74) is 7.69. The highest BCUT2D eigenvalue weighted by Gasteiger charge is 2.21. The van der Waals surface area contributed by atoms with Crippen molar-refractivity contribution < 1.29 is 0 Å². The van der Waals surface area contributed by atoms with Crippen molar-refractivity contribution >= 4 is 23.3 Å². The van der Waals surface area contributed by atoms with E-state index in [0.717, 1.165) is 28.3 Å². The third-order valence-electron chi connectivity index (χ3n) is 4.28. The lowest BCUT2D eigenvalue weighted by Gasteiger charge is -2.36. The number of hydrazine groups is 1. The van der Waals surface area contributed by atoms with Crippen LogP contribution in [-0.2, 0) is 0 Å². The SMILES string of the molecule is C=Cc1ccc(C2=NN(c3ccccc3)CN(c3ccccc3)N2)cc1. The minimum atomic E-state index is 0.613. The zero-order valence-electron chi connectivity index (χ0n) is 14.4. The third-order valence-corrected chi connectivity index (χ3v) is 4.28. The van der Waals surface area contributed by atoms with Gasteiger partial charge in [0.25, 0.3) is 0 Å². The minimum absolute atomic E-state index is 0.613. The maximum Gasteiger partial charge on any atom is 0.172 e. The number of nitrogens with zero attached hydrogens (tertiary/aromatic N) is 3. The summed E-state index contributed by atoms with van der Waals surface area (Å²) in [7, 11) is 0. The Morgan fingerprint density at radius 3 is 2.04 bits per heavy atom. The molecule has 1 heterocycles. The van der Waals surface area contributed by atoms with Crippen molar-refractivity contribution in [2.75, 3.05) is 16.7 Å². The number of benzene rings is 3. The molecule has 0 spiro atoms. The summed E-state index contributed by atoms with van der Waals surface area (Å²) >= 11 is 0. The second-order valence-electron chi connectivity index (χ2n) is 6.03. The quantitative estimate of drug-likeness (QED) is 0.760. The molecule has 0 atom stereocenters. The van der Waals surface area contributed by atoms with E-state index in [4.69, 9.17) is 5.10 Å². The van der Waals surface area contributed by atoms with E-state index in [1.54, 1.807) is 0 Å². The topological polar surface area (TPSA) is 30.9 Å². The van der Waals surface area contributed by atoms with E-state index in [1.807, 2.05) is 59.6 Å². The summed E-state index contributed by atoms with van der Waals surface area (Å²) in [6, 6.07) is 28.7. The average molecular weight is 340 g/mol. The predicted molar refractivity (Wildman–Crippen MR) is 109 cm³/mol. The van der Waals surface area contributed by atoms with E-state index >= 15 is 0 Å². The molecule has 0 aromatic heterocycles. The molecule has 3 aromatic carbocycles. The van der Waals surface area contributed by atoms with Gasteiger partial charge in [-0.25, -0.2) is 5.01 Å². The molecule has 0 fully saturated rings. The lowest BCUT2D eigenvalue weighted by molar-refractivity contribution is 0.679. The zero-order chi connectivity index (χ0) is 17.8. The summed E-state index contributed by atoms with van der Waals surface area (Å²) in [6.07, 6.45) is 1.84. The fourth-order valence-corrected chi connectivity index (χ4v) is 2.86. The van der Waals surface area contributed by atoms with E-state index in [2.05, 4.69) is 53.4 Å². The van der Waals surface area contributed by atoms with Gasteiger partial charge in [-0.15, -0.1) is 0 Å². The fourth-order valence-electron chi connectivity index (χ4n) is 2.86. The molecule has 26 heavy (non-hydrogen) atoms. The third kappa shape index (κ3) is 3.30. The van der Waals surface area contributed by atoms with Crippen LogP contribution in [0.25, 0.3) is 6.08 Å². The smallest absolute Gasteiger partial charge is 0.172 e. The molecule has 4 rings (SSSR count). The number of anilines is 2. The summed E-state index contributed by atoms with van der Waals surface area (Å²) in [4.78, 5) is 0. The van der Waals surface area contributed by atoms with Crippen molar-refractivity contribution in [1.29, 1.82) is 0 Å². The number of nitrogens with one attached hydrogen (secondary N) is 1. The van der Waals surface area contributed by atoms with Crippen molar-refractivity contribution in [2.24, 2.45) is 5.10 Å². The summed E-state index contributed by atoms with van der Waals surface area (Å²) in [5.74, 6) is 0.805. The molecule has 0 radical (unpaired) electrons. The highest BCUT2D eigenvalue weighted by atomic mass is 15.7. The maximum atomic E-state index is 4.82. The number of amidine groups is 1. The summed E-state index contributed by atoms with van der Waals surface area (Å²) < 4.78 is 0. The Bertz CT molecular complexity index is 902. The van der Waals surface area contributed by atoms with E-state index in [1.165, 1.54) is 0 Å². The van der Waals surface area contributed by atoms with Crippen LogP contribution >= 0.6 is 0 Å². The van der Waals surface area contributed by atoms with E-state index in [9.17, 15) is 0 Å². The van der Waals surface area contributed by atoms with Crippen molar-refractivity contribution in [3.63, 3.8) is 0 Å². The van der Waals surface area contributed by atoms with Crippen LogP contribution in [-0.4, -0.2) is 12.5 Å². The van der Waals surface area contributed by atoms with Gasteiger partial charge in [0.15, 0.2) is 5.84 Å². The number of rotatable bonds is 4. The van der Waals surface area contributed by atoms with E-state index in [-0.39, 0.29) is 0 Å². The molecule has 0 bridgehead atoms. The first-order valence-electron chi connectivity index (χ1n) is 8.57. The Kier molecular flexibility index (Phi) is 4.39. The molecule has 128 valence electrons. The Morgan fingerprint density at radius 1 is 0.808 bits per heavy atom. The predicted octanol–water partition coefficient (Wildman–Crippen LogP) is 4.48.